The van der Waals surface area contributed by atoms with Gasteiger partial charge in [0.1, 0.15) is 23.5 Å². The molecule has 0 aromatic heterocycles. The fourth-order valence-electron chi connectivity index (χ4n) is 3.63. The number of rotatable bonds is 4. The van der Waals surface area contributed by atoms with E-state index >= 15 is 0 Å². The van der Waals surface area contributed by atoms with Crippen molar-refractivity contribution in [3.05, 3.63) is 29.3 Å². The van der Waals surface area contributed by atoms with Gasteiger partial charge < -0.3 is 14.6 Å². The van der Waals surface area contributed by atoms with Gasteiger partial charge >= 0.3 is 11.9 Å². The van der Waals surface area contributed by atoms with Crippen LogP contribution in [0.3, 0.4) is 0 Å². The fraction of sp³-hybridized carbons (Fsp3) is 0.600. The van der Waals surface area contributed by atoms with Crippen LogP contribution >= 0.6 is 0 Å². The lowest BCUT2D eigenvalue weighted by Crippen LogP contribution is -2.22. The molecule has 0 radical (unpaired) electrons. The smallest absolute Gasteiger partial charge is 0.342 e. The number of ether oxygens (including phenoxy) is 2. The minimum Gasteiger partial charge on any atom is -0.507 e. The second kappa shape index (κ2) is 8.37. The summed E-state index contributed by atoms with van der Waals surface area (Å²) in [7, 11) is 0. The summed E-state index contributed by atoms with van der Waals surface area (Å²) in [6.45, 7) is 0. The van der Waals surface area contributed by atoms with E-state index in [1.807, 2.05) is 0 Å². The highest BCUT2D eigenvalue weighted by Gasteiger charge is 2.23. The molecule has 2 saturated carbocycles. The van der Waals surface area contributed by atoms with E-state index in [0.29, 0.717) is 0 Å². The van der Waals surface area contributed by atoms with Crippen LogP contribution in [-0.2, 0) is 9.47 Å². The number of carbonyl (C=O) groups is 2. The quantitative estimate of drug-likeness (QED) is 0.820. The summed E-state index contributed by atoms with van der Waals surface area (Å²) in [6, 6.07) is 4.25. The molecule has 0 heterocycles. The summed E-state index contributed by atoms with van der Waals surface area (Å²) < 4.78 is 11.0. The summed E-state index contributed by atoms with van der Waals surface area (Å²) in [5.74, 6) is -1.22. The van der Waals surface area contributed by atoms with E-state index < -0.39 is 11.9 Å². The Hall–Kier alpha value is -2.04. The van der Waals surface area contributed by atoms with Gasteiger partial charge in [-0.05, 0) is 69.6 Å². The lowest BCUT2D eigenvalue weighted by atomic mass is 9.97. The Morgan fingerprint density at radius 2 is 1.32 bits per heavy atom. The second-order valence-electron chi connectivity index (χ2n) is 7.06. The van der Waals surface area contributed by atoms with Gasteiger partial charge in [-0.3, -0.25) is 0 Å². The number of esters is 2. The molecular formula is C20H26O5. The minimum atomic E-state index is -0.531. The maximum absolute atomic E-state index is 12.2. The first kappa shape index (κ1) is 17.8. The molecule has 2 fully saturated rings. The molecule has 0 spiro atoms. The zero-order valence-corrected chi connectivity index (χ0v) is 14.5. The van der Waals surface area contributed by atoms with Crippen LogP contribution < -0.4 is 0 Å². The molecule has 1 aromatic rings. The Morgan fingerprint density at radius 3 is 1.84 bits per heavy atom. The molecule has 2 aliphatic rings. The van der Waals surface area contributed by atoms with Gasteiger partial charge in [-0.25, -0.2) is 9.59 Å². The second-order valence-corrected chi connectivity index (χ2v) is 7.06. The van der Waals surface area contributed by atoms with Crippen LogP contribution in [-0.4, -0.2) is 29.3 Å². The van der Waals surface area contributed by atoms with Crippen molar-refractivity contribution in [2.45, 2.75) is 76.4 Å². The largest absolute Gasteiger partial charge is 0.507 e. The van der Waals surface area contributed by atoms with Crippen molar-refractivity contribution in [2.75, 3.05) is 0 Å². The Labute approximate surface area is 148 Å². The topological polar surface area (TPSA) is 72.8 Å². The third-order valence-electron chi connectivity index (χ3n) is 5.11. The Morgan fingerprint density at radius 1 is 0.800 bits per heavy atom. The lowest BCUT2D eigenvalue weighted by molar-refractivity contribution is 0.0194. The Kier molecular flexibility index (Phi) is 5.95. The van der Waals surface area contributed by atoms with E-state index in [9.17, 15) is 14.7 Å². The third-order valence-corrected chi connectivity index (χ3v) is 5.11. The maximum atomic E-state index is 12.2. The molecule has 136 valence electrons. The van der Waals surface area contributed by atoms with E-state index in [2.05, 4.69) is 0 Å². The number of phenolic OH excluding ortho intramolecular Hbond substituents is 1. The molecule has 25 heavy (non-hydrogen) atoms. The molecule has 5 heteroatoms. The van der Waals surface area contributed by atoms with Gasteiger partial charge in [0.05, 0.1) is 5.56 Å². The Bertz CT molecular complexity index is 613. The number of hydrogen-bond acceptors (Lipinski definition) is 5. The van der Waals surface area contributed by atoms with Crippen LogP contribution in [0.15, 0.2) is 18.2 Å². The van der Waals surface area contributed by atoms with Gasteiger partial charge in [0.2, 0.25) is 0 Å². The van der Waals surface area contributed by atoms with Gasteiger partial charge in [-0.2, -0.15) is 0 Å². The number of benzene rings is 1. The fourth-order valence-corrected chi connectivity index (χ4v) is 3.63. The van der Waals surface area contributed by atoms with Crippen molar-refractivity contribution in [3.63, 3.8) is 0 Å². The summed E-state index contributed by atoms with van der Waals surface area (Å²) in [5, 5.41) is 10.1. The molecule has 1 aromatic carbocycles. The van der Waals surface area contributed by atoms with Gasteiger partial charge in [-0.1, -0.05) is 12.8 Å². The van der Waals surface area contributed by atoms with Crippen molar-refractivity contribution in [2.24, 2.45) is 0 Å². The first-order valence-electron chi connectivity index (χ1n) is 9.38. The normalized spacial score (nSPS) is 19.4. The molecule has 3 rings (SSSR count). The van der Waals surface area contributed by atoms with Gasteiger partial charge in [0.25, 0.3) is 0 Å². The third kappa shape index (κ3) is 4.74. The SMILES string of the molecule is O=C(OC1CCCCC1)c1ccc(C(=O)OC2CCCCC2)c(O)c1. The molecule has 1 N–H and O–H groups in total. The molecule has 0 unspecified atom stereocenters. The average Bonchev–Trinajstić information content (AvgIpc) is 2.63. The molecule has 0 amide bonds. The van der Waals surface area contributed by atoms with Crippen molar-refractivity contribution in [1.82, 2.24) is 0 Å². The molecule has 5 nitrogen and oxygen atoms in total. The monoisotopic (exact) mass is 346 g/mol. The predicted molar refractivity (Wildman–Crippen MR) is 92.7 cm³/mol. The van der Waals surface area contributed by atoms with E-state index in [1.54, 1.807) is 0 Å². The summed E-state index contributed by atoms with van der Waals surface area (Å²) >= 11 is 0. The van der Waals surface area contributed by atoms with E-state index in [4.69, 9.17) is 9.47 Å². The standard InChI is InChI=1S/C20H26O5/c21-18-13-14(19(22)24-15-7-3-1-4-8-15)11-12-17(18)20(23)25-16-9-5-2-6-10-16/h11-13,15-16,21H,1-10H2. The van der Waals surface area contributed by atoms with Crippen LogP contribution in [0.25, 0.3) is 0 Å². The highest BCUT2D eigenvalue weighted by atomic mass is 16.5. The van der Waals surface area contributed by atoms with Gasteiger partial charge in [-0.15, -0.1) is 0 Å². The summed E-state index contributed by atoms with van der Waals surface area (Å²) in [4.78, 5) is 24.4. The molecule has 0 saturated heterocycles. The van der Waals surface area contributed by atoms with Gasteiger partial charge in [0, 0.05) is 0 Å². The van der Waals surface area contributed by atoms with Crippen LogP contribution in [0, 0.1) is 0 Å². The lowest BCUT2D eigenvalue weighted by Gasteiger charge is -2.22. The highest BCUT2D eigenvalue weighted by Crippen LogP contribution is 2.26. The minimum absolute atomic E-state index is 0.0423. The number of hydrogen-bond donors (Lipinski definition) is 1. The molecule has 0 aliphatic heterocycles. The van der Waals surface area contributed by atoms with Crippen LogP contribution in [0.5, 0.6) is 5.75 Å². The first-order chi connectivity index (χ1) is 12.1. The van der Waals surface area contributed by atoms with Crippen molar-refractivity contribution in [3.8, 4) is 5.75 Å². The first-order valence-corrected chi connectivity index (χ1v) is 9.38. The maximum Gasteiger partial charge on any atom is 0.342 e. The predicted octanol–water partition coefficient (Wildman–Crippen LogP) is 4.37. The van der Waals surface area contributed by atoms with Crippen molar-refractivity contribution in [1.29, 1.82) is 0 Å². The number of carbonyl (C=O) groups excluding carboxylic acids is 2. The molecular weight excluding hydrogens is 320 g/mol. The van der Waals surface area contributed by atoms with Crippen LogP contribution in [0.2, 0.25) is 0 Å². The van der Waals surface area contributed by atoms with Crippen molar-refractivity contribution < 1.29 is 24.2 Å². The summed E-state index contributed by atoms with van der Waals surface area (Å²) in [5.41, 5.74) is 0.358. The Balaban J connectivity index is 1.61. The van der Waals surface area contributed by atoms with Crippen molar-refractivity contribution >= 4 is 11.9 Å². The molecule has 0 bridgehead atoms. The molecule has 2 aliphatic carbocycles. The number of phenols is 1. The average molecular weight is 346 g/mol. The summed E-state index contributed by atoms with van der Waals surface area (Å²) in [6.07, 6.45) is 10.1. The van der Waals surface area contributed by atoms with Gasteiger partial charge in [0.15, 0.2) is 0 Å². The zero-order valence-electron chi connectivity index (χ0n) is 14.5. The molecule has 0 atom stereocenters. The number of aromatic hydroxyl groups is 1. The van der Waals surface area contributed by atoms with Crippen LogP contribution in [0.1, 0.15) is 84.9 Å². The van der Waals surface area contributed by atoms with E-state index in [1.165, 1.54) is 31.0 Å². The van der Waals surface area contributed by atoms with E-state index in [0.717, 1.165) is 51.4 Å². The van der Waals surface area contributed by atoms with E-state index in [-0.39, 0.29) is 29.1 Å². The van der Waals surface area contributed by atoms with Crippen LogP contribution in [0.4, 0.5) is 0 Å². The zero-order chi connectivity index (χ0) is 17.6. The highest BCUT2D eigenvalue weighted by molar-refractivity contribution is 5.96.